The standard InChI is InChI=1S/C28H40N4O5S2/c1-4-5-6-7-8-12-26(35)39-15-10-9-11-23-17-24(33)30-18-22-16-21(13-14-29-22)28(38-3)32-20(2)27(36)31-19-25(34)37-23/h9,11,13-14,16,20,23H,4-8,10,12,15,17-19H2,1-3H3,(H,30,33)(H,31,36)/b11-9+,32-28?. The van der Waals surface area contributed by atoms with Gasteiger partial charge in [0.05, 0.1) is 23.7 Å². The number of carbonyl (C=O) groups excluding carboxylic acids is 4. The smallest absolute Gasteiger partial charge is 0.326 e. The molecule has 1 aromatic rings. The van der Waals surface area contributed by atoms with E-state index in [2.05, 4.69) is 27.5 Å². The SMILES string of the molecule is CCCCCCCC(=O)SCC/C=C/C1CC(=O)NCc2cc(ccn2)C(SC)=NC(C)C(=O)NCC(=O)O1. The summed E-state index contributed by atoms with van der Waals surface area (Å²) >= 11 is 2.70. The first kappa shape index (κ1) is 32.6. The first-order valence-corrected chi connectivity index (χ1v) is 15.7. The first-order valence-electron chi connectivity index (χ1n) is 13.5. The number of thioether (sulfide) groups is 2. The lowest BCUT2D eigenvalue weighted by molar-refractivity contribution is -0.148. The average molecular weight is 577 g/mol. The fourth-order valence-electron chi connectivity index (χ4n) is 3.73. The van der Waals surface area contributed by atoms with Crippen molar-refractivity contribution in [1.82, 2.24) is 15.6 Å². The Morgan fingerprint density at radius 1 is 1.15 bits per heavy atom. The highest BCUT2D eigenvalue weighted by atomic mass is 32.2. The minimum atomic E-state index is -0.806. The van der Waals surface area contributed by atoms with Gasteiger partial charge in [-0.25, -0.2) is 0 Å². The van der Waals surface area contributed by atoms with Crippen LogP contribution in [0.25, 0.3) is 0 Å². The van der Waals surface area contributed by atoms with Crippen molar-refractivity contribution in [3.05, 3.63) is 41.7 Å². The quantitative estimate of drug-likeness (QED) is 0.241. The highest BCUT2D eigenvalue weighted by Crippen LogP contribution is 2.15. The van der Waals surface area contributed by atoms with Crippen LogP contribution in [0.2, 0.25) is 0 Å². The summed E-state index contributed by atoms with van der Waals surface area (Å²) in [5.74, 6) is -0.748. The molecule has 2 heterocycles. The van der Waals surface area contributed by atoms with E-state index < -0.39 is 24.0 Å². The Kier molecular flexibility index (Phi) is 15.5. The molecule has 0 saturated heterocycles. The van der Waals surface area contributed by atoms with Crippen LogP contribution in [0.15, 0.2) is 35.5 Å². The van der Waals surface area contributed by atoms with E-state index in [9.17, 15) is 19.2 Å². The molecule has 0 radical (unpaired) electrons. The monoisotopic (exact) mass is 576 g/mol. The summed E-state index contributed by atoms with van der Waals surface area (Å²) < 4.78 is 5.47. The van der Waals surface area contributed by atoms with Gasteiger partial charge in [0, 0.05) is 23.9 Å². The maximum absolute atomic E-state index is 12.6. The molecule has 0 fully saturated rings. The number of ether oxygens (including phenoxy) is 1. The van der Waals surface area contributed by atoms with Crippen molar-refractivity contribution >= 4 is 51.5 Å². The van der Waals surface area contributed by atoms with E-state index >= 15 is 0 Å². The number of hydrogen-bond donors (Lipinski definition) is 2. The van der Waals surface area contributed by atoms with E-state index in [0.29, 0.717) is 29.3 Å². The number of hydrogen-bond acceptors (Lipinski definition) is 9. The third-order valence-electron chi connectivity index (χ3n) is 5.87. The zero-order valence-electron chi connectivity index (χ0n) is 23.1. The molecule has 1 aliphatic heterocycles. The lowest BCUT2D eigenvalue weighted by Crippen LogP contribution is -2.38. The Balaban J connectivity index is 1.98. The summed E-state index contributed by atoms with van der Waals surface area (Å²) in [5, 5.41) is 6.22. The van der Waals surface area contributed by atoms with Crippen LogP contribution in [0.4, 0.5) is 0 Å². The topological polar surface area (TPSA) is 127 Å². The van der Waals surface area contributed by atoms with Crippen LogP contribution in [0.3, 0.4) is 0 Å². The molecule has 2 atom stereocenters. The van der Waals surface area contributed by atoms with Crippen molar-refractivity contribution in [1.29, 1.82) is 0 Å². The van der Waals surface area contributed by atoms with Gasteiger partial charge in [-0.3, -0.25) is 29.2 Å². The second-order valence-electron chi connectivity index (χ2n) is 9.18. The predicted octanol–water partition coefficient (Wildman–Crippen LogP) is 4.19. The molecular weight excluding hydrogens is 536 g/mol. The number of fused-ring (bicyclic) bond motifs is 2. The molecule has 214 valence electrons. The zero-order valence-corrected chi connectivity index (χ0v) is 24.7. The van der Waals surface area contributed by atoms with E-state index in [-0.39, 0.29) is 30.5 Å². The number of esters is 1. The van der Waals surface area contributed by atoms with Crippen molar-refractivity contribution in [2.24, 2.45) is 4.99 Å². The molecule has 0 aliphatic carbocycles. The molecule has 0 spiro atoms. The van der Waals surface area contributed by atoms with E-state index in [0.717, 1.165) is 18.4 Å². The second kappa shape index (κ2) is 18.6. The van der Waals surface area contributed by atoms with E-state index in [1.807, 2.05) is 18.4 Å². The summed E-state index contributed by atoms with van der Waals surface area (Å²) in [7, 11) is 0. The minimum Gasteiger partial charge on any atom is -0.456 e. The van der Waals surface area contributed by atoms with Crippen molar-refractivity contribution in [2.75, 3.05) is 18.6 Å². The Hall–Kier alpha value is -2.66. The Morgan fingerprint density at radius 2 is 1.95 bits per heavy atom. The molecule has 0 aromatic carbocycles. The van der Waals surface area contributed by atoms with Crippen molar-refractivity contribution in [3.63, 3.8) is 0 Å². The molecule has 2 unspecified atom stereocenters. The number of aliphatic imine (C=N–C) groups is 1. The number of unbranched alkanes of at least 4 members (excludes halogenated alkanes) is 4. The number of cyclic esters (lactones) is 1. The molecule has 2 N–H and O–H groups in total. The summed E-state index contributed by atoms with van der Waals surface area (Å²) in [5.41, 5.74) is 1.43. The van der Waals surface area contributed by atoms with Crippen LogP contribution < -0.4 is 10.6 Å². The van der Waals surface area contributed by atoms with E-state index in [1.54, 1.807) is 25.3 Å². The molecule has 2 rings (SSSR count). The van der Waals surface area contributed by atoms with E-state index in [4.69, 9.17) is 4.74 Å². The number of rotatable bonds is 10. The number of amides is 2. The van der Waals surface area contributed by atoms with Crippen LogP contribution in [0, 0.1) is 0 Å². The van der Waals surface area contributed by atoms with Gasteiger partial charge in [-0.1, -0.05) is 50.4 Å². The van der Waals surface area contributed by atoms with Crippen LogP contribution in [0.5, 0.6) is 0 Å². The highest BCUT2D eigenvalue weighted by Gasteiger charge is 2.20. The Morgan fingerprint density at radius 3 is 2.72 bits per heavy atom. The third-order valence-corrected chi connectivity index (χ3v) is 7.57. The van der Waals surface area contributed by atoms with Crippen molar-refractivity contribution in [3.8, 4) is 0 Å². The largest absolute Gasteiger partial charge is 0.456 e. The van der Waals surface area contributed by atoms with Gasteiger partial charge in [0.25, 0.3) is 0 Å². The lowest BCUT2D eigenvalue weighted by Gasteiger charge is -2.16. The normalized spacial score (nSPS) is 19.3. The van der Waals surface area contributed by atoms with Crippen LogP contribution in [-0.2, 0) is 30.5 Å². The number of nitrogens with one attached hydrogen (secondary N) is 2. The highest BCUT2D eigenvalue weighted by molar-refractivity contribution is 8.14. The Labute approximate surface area is 239 Å². The number of aromatic nitrogens is 1. The predicted molar refractivity (Wildman–Crippen MR) is 158 cm³/mol. The maximum atomic E-state index is 12.6. The van der Waals surface area contributed by atoms with Crippen LogP contribution >= 0.6 is 23.5 Å². The fourth-order valence-corrected chi connectivity index (χ4v) is 5.13. The number of pyridine rings is 1. The molecule has 2 bridgehead atoms. The van der Waals surface area contributed by atoms with Crippen molar-refractivity contribution in [2.45, 2.75) is 83.9 Å². The summed E-state index contributed by atoms with van der Waals surface area (Å²) in [6.45, 7) is 3.69. The minimum absolute atomic E-state index is 0.0758. The summed E-state index contributed by atoms with van der Waals surface area (Å²) in [6, 6.07) is 2.91. The van der Waals surface area contributed by atoms with E-state index in [1.165, 1.54) is 42.8 Å². The van der Waals surface area contributed by atoms with Gasteiger partial charge in [-0.05, 0) is 44.2 Å². The molecule has 9 nitrogen and oxygen atoms in total. The van der Waals surface area contributed by atoms with Gasteiger partial charge < -0.3 is 15.4 Å². The summed E-state index contributed by atoms with van der Waals surface area (Å²) in [6.07, 6.45) is 12.9. The van der Waals surface area contributed by atoms with Gasteiger partial charge in [0.15, 0.2) is 5.12 Å². The van der Waals surface area contributed by atoms with Crippen LogP contribution in [0.1, 0.15) is 76.5 Å². The van der Waals surface area contributed by atoms with Gasteiger partial charge in [-0.15, -0.1) is 11.8 Å². The fraction of sp³-hybridized carbons (Fsp3) is 0.571. The second-order valence-corrected chi connectivity index (χ2v) is 11.1. The molecular formula is C28H40N4O5S2. The number of nitrogens with zero attached hydrogens (tertiary/aromatic N) is 2. The molecule has 39 heavy (non-hydrogen) atoms. The van der Waals surface area contributed by atoms with Crippen LogP contribution in [-0.4, -0.2) is 63.6 Å². The number of allylic oxidation sites excluding steroid dienone is 1. The molecule has 0 saturated carbocycles. The molecule has 1 aliphatic rings. The molecule has 2 amide bonds. The lowest BCUT2D eigenvalue weighted by atomic mass is 10.1. The zero-order chi connectivity index (χ0) is 28.5. The van der Waals surface area contributed by atoms with Gasteiger partial charge in [0.1, 0.15) is 18.7 Å². The Bertz CT molecular complexity index is 1030. The third kappa shape index (κ3) is 13.3. The first-order chi connectivity index (χ1) is 18.8. The van der Waals surface area contributed by atoms with Crippen molar-refractivity contribution < 1.29 is 23.9 Å². The van der Waals surface area contributed by atoms with Gasteiger partial charge in [-0.2, -0.15) is 0 Å². The number of carbonyl (C=O) groups is 4. The maximum Gasteiger partial charge on any atom is 0.326 e. The summed E-state index contributed by atoms with van der Waals surface area (Å²) in [4.78, 5) is 58.5. The van der Waals surface area contributed by atoms with Gasteiger partial charge in [0.2, 0.25) is 11.8 Å². The average Bonchev–Trinajstić information content (AvgIpc) is 2.92. The molecule has 11 heteroatoms. The van der Waals surface area contributed by atoms with Gasteiger partial charge >= 0.3 is 5.97 Å². The molecule has 1 aromatic heterocycles.